The minimum Gasteiger partial charge on any atom is -0.334 e. The zero-order chi connectivity index (χ0) is 15.5. The van der Waals surface area contributed by atoms with Crippen molar-refractivity contribution < 1.29 is 4.79 Å². The number of nitrogens with zero attached hydrogens (tertiary/aromatic N) is 3. The van der Waals surface area contributed by atoms with Gasteiger partial charge in [0.15, 0.2) is 0 Å². The van der Waals surface area contributed by atoms with Crippen LogP contribution in [0.15, 0.2) is 18.2 Å². The second kappa shape index (κ2) is 6.64. The Kier molecular flexibility index (Phi) is 4.60. The number of likely N-dealkylation sites (tertiary alicyclic amines) is 1. The molecule has 5 heteroatoms. The number of hydrogen-bond acceptors (Lipinski definition) is 4. The summed E-state index contributed by atoms with van der Waals surface area (Å²) in [6.07, 6.45) is 7.09. The highest BCUT2D eigenvalue weighted by atomic mass is 32.1. The van der Waals surface area contributed by atoms with E-state index in [9.17, 15) is 4.79 Å². The molecule has 0 aromatic carbocycles. The van der Waals surface area contributed by atoms with Gasteiger partial charge < -0.3 is 4.90 Å². The van der Waals surface area contributed by atoms with Crippen LogP contribution in [-0.4, -0.2) is 41.4 Å². The van der Waals surface area contributed by atoms with Crippen LogP contribution in [-0.2, 0) is 17.8 Å². The SMILES string of the molecule is CC1CCCN1C/C=C/C(=O)N1CCc2cc(C#N)sc2C1. The highest BCUT2D eigenvalue weighted by Crippen LogP contribution is 2.27. The first kappa shape index (κ1) is 15.3. The maximum absolute atomic E-state index is 12.3. The summed E-state index contributed by atoms with van der Waals surface area (Å²) in [7, 11) is 0. The van der Waals surface area contributed by atoms with Crippen LogP contribution in [0.3, 0.4) is 0 Å². The summed E-state index contributed by atoms with van der Waals surface area (Å²) in [6.45, 7) is 5.64. The monoisotopic (exact) mass is 315 g/mol. The lowest BCUT2D eigenvalue weighted by Crippen LogP contribution is -2.34. The van der Waals surface area contributed by atoms with Gasteiger partial charge in [-0.2, -0.15) is 5.26 Å². The van der Waals surface area contributed by atoms with E-state index in [0.29, 0.717) is 12.6 Å². The van der Waals surface area contributed by atoms with Crippen LogP contribution in [0.5, 0.6) is 0 Å². The summed E-state index contributed by atoms with van der Waals surface area (Å²) < 4.78 is 0. The van der Waals surface area contributed by atoms with Gasteiger partial charge in [-0.3, -0.25) is 9.69 Å². The molecule has 0 bridgehead atoms. The second-order valence-electron chi connectivity index (χ2n) is 6.07. The maximum atomic E-state index is 12.3. The van der Waals surface area contributed by atoms with Crippen molar-refractivity contribution in [3.63, 3.8) is 0 Å². The molecular formula is C17H21N3OS. The first-order valence-electron chi connectivity index (χ1n) is 7.88. The fourth-order valence-electron chi connectivity index (χ4n) is 3.22. The topological polar surface area (TPSA) is 47.3 Å². The molecular weight excluding hydrogens is 294 g/mol. The molecule has 3 rings (SSSR count). The molecule has 1 saturated heterocycles. The van der Waals surface area contributed by atoms with E-state index in [-0.39, 0.29) is 5.91 Å². The van der Waals surface area contributed by atoms with E-state index >= 15 is 0 Å². The van der Waals surface area contributed by atoms with E-state index in [2.05, 4.69) is 17.9 Å². The zero-order valence-corrected chi connectivity index (χ0v) is 13.7. The first-order chi connectivity index (χ1) is 10.7. The highest BCUT2D eigenvalue weighted by molar-refractivity contribution is 7.12. The summed E-state index contributed by atoms with van der Waals surface area (Å²) in [5.74, 6) is 0.0874. The van der Waals surface area contributed by atoms with Gasteiger partial charge in [-0.05, 0) is 44.4 Å². The van der Waals surface area contributed by atoms with Gasteiger partial charge in [-0.15, -0.1) is 11.3 Å². The molecule has 3 heterocycles. The Morgan fingerprint density at radius 1 is 1.55 bits per heavy atom. The molecule has 0 radical (unpaired) electrons. The van der Waals surface area contributed by atoms with Crippen molar-refractivity contribution in [2.24, 2.45) is 0 Å². The van der Waals surface area contributed by atoms with Crippen LogP contribution in [0.4, 0.5) is 0 Å². The lowest BCUT2D eigenvalue weighted by molar-refractivity contribution is -0.126. The summed E-state index contributed by atoms with van der Waals surface area (Å²) in [4.78, 5) is 18.5. The smallest absolute Gasteiger partial charge is 0.246 e. The molecule has 4 nitrogen and oxygen atoms in total. The van der Waals surface area contributed by atoms with Crippen LogP contribution >= 0.6 is 11.3 Å². The largest absolute Gasteiger partial charge is 0.334 e. The number of amides is 1. The van der Waals surface area contributed by atoms with Gasteiger partial charge >= 0.3 is 0 Å². The van der Waals surface area contributed by atoms with Crippen LogP contribution in [0.2, 0.25) is 0 Å². The van der Waals surface area contributed by atoms with E-state index in [0.717, 1.165) is 35.8 Å². The standard InChI is InChI=1S/C17H21N3OS/c1-13-4-2-7-19(13)8-3-5-17(21)20-9-6-14-10-15(11-18)22-16(14)12-20/h3,5,10,13H,2,4,6-9,12H2,1H3/b5-3+. The van der Waals surface area contributed by atoms with Gasteiger partial charge in [0.05, 0.1) is 6.54 Å². The maximum Gasteiger partial charge on any atom is 0.246 e. The Morgan fingerprint density at radius 3 is 3.14 bits per heavy atom. The molecule has 0 N–H and O–H groups in total. The molecule has 0 spiro atoms. The van der Waals surface area contributed by atoms with E-state index < -0.39 is 0 Å². The molecule has 0 aliphatic carbocycles. The highest BCUT2D eigenvalue weighted by Gasteiger charge is 2.22. The van der Waals surface area contributed by atoms with Crippen molar-refractivity contribution in [3.05, 3.63) is 33.5 Å². The fourth-order valence-corrected chi connectivity index (χ4v) is 4.25. The number of hydrogen-bond donors (Lipinski definition) is 0. The van der Waals surface area contributed by atoms with Crippen molar-refractivity contribution in [2.75, 3.05) is 19.6 Å². The molecule has 1 aromatic rings. The van der Waals surface area contributed by atoms with Crippen LogP contribution in [0.1, 0.15) is 35.1 Å². The number of carbonyl (C=O) groups excluding carboxylic acids is 1. The minimum atomic E-state index is 0.0874. The number of rotatable bonds is 3. The molecule has 1 fully saturated rings. The minimum absolute atomic E-state index is 0.0874. The molecule has 1 aromatic heterocycles. The average Bonchev–Trinajstić information content (AvgIpc) is 3.12. The Bertz CT molecular complexity index is 628. The number of thiophene rings is 1. The fraction of sp³-hybridized carbons (Fsp3) is 0.529. The summed E-state index contributed by atoms with van der Waals surface area (Å²) >= 11 is 1.51. The van der Waals surface area contributed by atoms with Crippen molar-refractivity contribution in [3.8, 4) is 6.07 Å². The van der Waals surface area contributed by atoms with Crippen LogP contribution < -0.4 is 0 Å². The van der Waals surface area contributed by atoms with Crippen LogP contribution in [0.25, 0.3) is 0 Å². The lowest BCUT2D eigenvalue weighted by Gasteiger charge is -2.25. The molecule has 2 aliphatic heterocycles. The Labute approximate surface area is 135 Å². The molecule has 0 saturated carbocycles. The third-order valence-corrected chi connectivity index (χ3v) is 5.66. The van der Waals surface area contributed by atoms with E-state index in [1.54, 1.807) is 6.08 Å². The van der Waals surface area contributed by atoms with Crippen molar-refractivity contribution in [1.29, 1.82) is 5.26 Å². The molecule has 116 valence electrons. The first-order valence-corrected chi connectivity index (χ1v) is 8.70. The predicted octanol–water partition coefficient (Wildman–Crippen LogP) is 2.54. The molecule has 1 atom stereocenters. The zero-order valence-electron chi connectivity index (χ0n) is 12.9. The van der Waals surface area contributed by atoms with Gasteiger partial charge in [0.2, 0.25) is 5.91 Å². The Hall–Kier alpha value is -1.64. The number of fused-ring (bicyclic) bond motifs is 1. The molecule has 1 amide bonds. The quantitative estimate of drug-likeness (QED) is 0.805. The average molecular weight is 315 g/mol. The van der Waals surface area contributed by atoms with E-state index in [1.807, 2.05) is 17.0 Å². The van der Waals surface area contributed by atoms with Gasteiger partial charge in [0, 0.05) is 30.1 Å². The molecule has 22 heavy (non-hydrogen) atoms. The summed E-state index contributed by atoms with van der Waals surface area (Å²) in [5, 5.41) is 8.97. The van der Waals surface area contributed by atoms with Crippen molar-refractivity contribution in [2.45, 2.75) is 38.8 Å². The number of nitriles is 1. The molecule has 2 aliphatic rings. The van der Waals surface area contributed by atoms with Crippen molar-refractivity contribution in [1.82, 2.24) is 9.80 Å². The van der Waals surface area contributed by atoms with Gasteiger partial charge in [-0.1, -0.05) is 6.08 Å². The predicted molar refractivity (Wildman–Crippen MR) is 87.6 cm³/mol. The normalized spacial score (nSPS) is 22.0. The van der Waals surface area contributed by atoms with Crippen LogP contribution in [0, 0.1) is 11.3 Å². The number of carbonyl (C=O) groups is 1. The molecule has 1 unspecified atom stereocenters. The van der Waals surface area contributed by atoms with Crippen molar-refractivity contribution >= 4 is 17.2 Å². The van der Waals surface area contributed by atoms with Gasteiger partial charge in [0.1, 0.15) is 10.9 Å². The Balaban J connectivity index is 1.56. The van der Waals surface area contributed by atoms with Gasteiger partial charge in [-0.25, -0.2) is 0 Å². The second-order valence-corrected chi connectivity index (χ2v) is 7.21. The Morgan fingerprint density at radius 2 is 2.41 bits per heavy atom. The lowest BCUT2D eigenvalue weighted by atomic mass is 10.1. The summed E-state index contributed by atoms with van der Waals surface area (Å²) in [6, 6.07) is 4.79. The third kappa shape index (κ3) is 3.23. The summed E-state index contributed by atoms with van der Waals surface area (Å²) in [5.41, 5.74) is 1.24. The van der Waals surface area contributed by atoms with Gasteiger partial charge in [0.25, 0.3) is 0 Å². The van der Waals surface area contributed by atoms with E-state index in [1.165, 1.54) is 29.7 Å². The van der Waals surface area contributed by atoms with E-state index in [4.69, 9.17) is 5.26 Å². The third-order valence-electron chi connectivity index (χ3n) is 4.59.